The minimum absolute atomic E-state index is 0.0280. The van der Waals surface area contributed by atoms with E-state index < -0.39 is 11.3 Å². The van der Waals surface area contributed by atoms with E-state index in [1.807, 2.05) is 13.8 Å². The van der Waals surface area contributed by atoms with E-state index in [2.05, 4.69) is 71.0 Å². The molecule has 0 bridgehead atoms. The molecule has 0 unspecified atom stereocenters. The smallest absolute Gasteiger partial charge is 0.204 e. The van der Waals surface area contributed by atoms with Gasteiger partial charge in [-0.1, -0.05) is 73.9 Å². The maximum absolute atomic E-state index is 13.7. The summed E-state index contributed by atoms with van der Waals surface area (Å²) in [6.45, 7) is 14.3. The maximum Gasteiger partial charge on any atom is 0.204 e. The number of aliphatic hydroxyl groups excluding tert-OH is 1. The van der Waals surface area contributed by atoms with Crippen molar-refractivity contribution in [3.05, 3.63) is 70.0 Å². The predicted molar refractivity (Wildman–Crippen MR) is 135 cm³/mol. The molecule has 3 heteroatoms. The van der Waals surface area contributed by atoms with Crippen LogP contribution in [0, 0.1) is 30.1 Å². The van der Waals surface area contributed by atoms with Crippen molar-refractivity contribution >= 4 is 11.6 Å². The fourth-order valence-electron chi connectivity index (χ4n) is 5.72. The lowest BCUT2D eigenvalue weighted by molar-refractivity contribution is -0.143. The van der Waals surface area contributed by atoms with Crippen molar-refractivity contribution in [3.8, 4) is 0 Å². The van der Waals surface area contributed by atoms with E-state index in [-0.39, 0.29) is 35.1 Å². The first-order valence-electron chi connectivity index (χ1n) is 12.4. The van der Waals surface area contributed by atoms with Gasteiger partial charge in [0.2, 0.25) is 5.78 Å². The van der Waals surface area contributed by atoms with Crippen molar-refractivity contribution < 1.29 is 14.7 Å². The molecule has 1 N–H and O–H groups in total. The lowest BCUT2D eigenvalue weighted by atomic mass is 9.53. The molecule has 0 heterocycles. The summed E-state index contributed by atoms with van der Waals surface area (Å²) in [5.74, 6) is -0.952. The highest BCUT2D eigenvalue weighted by atomic mass is 16.3. The van der Waals surface area contributed by atoms with Crippen molar-refractivity contribution in [1.29, 1.82) is 0 Å². The Morgan fingerprint density at radius 2 is 1.76 bits per heavy atom. The third-order valence-electron chi connectivity index (χ3n) is 7.95. The molecule has 3 rings (SSSR count). The Hall–Kier alpha value is -2.42. The summed E-state index contributed by atoms with van der Waals surface area (Å²) in [7, 11) is 0. The molecule has 178 valence electrons. The number of benzene rings is 1. The Kier molecular flexibility index (Phi) is 7.51. The van der Waals surface area contributed by atoms with Crippen LogP contribution in [0.2, 0.25) is 0 Å². The van der Waals surface area contributed by atoms with Crippen molar-refractivity contribution in [2.45, 2.75) is 80.1 Å². The Bertz CT molecular complexity index is 1000. The molecular formula is C30H40O3. The van der Waals surface area contributed by atoms with Crippen molar-refractivity contribution in [2.24, 2.45) is 23.2 Å². The van der Waals surface area contributed by atoms with Gasteiger partial charge in [0.1, 0.15) is 0 Å². The maximum atomic E-state index is 13.7. The molecule has 0 aromatic heterocycles. The standard InChI is InChI=1S/C30H40O3/c1-18(2)9-8-10-21(5)26-27(31)25-16-20(4)15-24(30(25,7)29(33)28(26)32)17-22(6)23-13-11-19(3)12-14-23/h9,11-15,21-22,24-25,32H,8,10,16-17H2,1-7H3/t21-,22-,24+,25-,30-/m1/s1. The lowest BCUT2D eigenvalue weighted by Gasteiger charge is -2.48. The van der Waals surface area contributed by atoms with E-state index in [0.29, 0.717) is 12.0 Å². The van der Waals surface area contributed by atoms with Crippen molar-refractivity contribution in [3.63, 3.8) is 0 Å². The largest absolute Gasteiger partial charge is 0.504 e. The van der Waals surface area contributed by atoms with Gasteiger partial charge in [0.15, 0.2) is 11.5 Å². The molecule has 0 fully saturated rings. The molecule has 0 amide bonds. The molecule has 3 nitrogen and oxygen atoms in total. The summed E-state index contributed by atoms with van der Waals surface area (Å²) in [5.41, 5.74) is 4.31. The molecule has 0 saturated heterocycles. The minimum Gasteiger partial charge on any atom is -0.504 e. The van der Waals surface area contributed by atoms with E-state index in [0.717, 1.165) is 24.8 Å². The second-order valence-corrected chi connectivity index (χ2v) is 10.9. The van der Waals surface area contributed by atoms with Crippen LogP contribution in [-0.4, -0.2) is 16.7 Å². The van der Waals surface area contributed by atoms with E-state index in [1.165, 1.54) is 16.7 Å². The number of hydrogen-bond donors (Lipinski definition) is 1. The first kappa shape index (κ1) is 25.2. The fourth-order valence-corrected chi connectivity index (χ4v) is 5.72. The van der Waals surface area contributed by atoms with Crippen LogP contribution >= 0.6 is 0 Å². The first-order chi connectivity index (χ1) is 15.5. The number of Topliss-reactive ketones (excluding diaryl/α,β-unsaturated/α-hetero) is 2. The van der Waals surface area contributed by atoms with Crippen LogP contribution < -0.4 is 0 Å². The number of carbonyl (C=O) groups excluding carboxylic acids is 2. The summed E-state index contributed by atoms with van der Waals surface area (Å²) < 4.78 is 0. The number of allylic oxidation sites excluding steroid dienone is 6. The third kappa shape index (κ3) is 4.93. The third-order valence-corrected chi connectivity index (χ3v) is 7.95. The highest BCUT2D eigenvalue weighted by Gasteiger charge is 2.57. The van der Waals surface area contributed by atoms with Crippen LogP contribution in [0.15, 0.2) is 58.9 Å². The quantitative estimate of drug-likeness (QED) is 0.441. The second kappa shape index (κ2) is 9.83. The van der Waals surface area contributed by atoms with E-state index >= 15 is 0 Å². The van der Waals surface area contributed by atoms with E-state index in [9.17, 15) is 14.7 Å². The Morgan fingerprint density at radius 3 is 2.36 bits per heavy atom. The Morgan fingerprint density at radius 1 is 1.12 bits per heavy atom. The van der Waals surface area contributed by atoms with Gasteiger partial charge in [0.25, 0.3) is 0 Å². The molecule has 1 aromatic carbocycles. The van der Waals surface area contributed by atoms with Crippen LogP contribution in [0.25, 0.3) is 0 Å². The van der Waals surface area contributed by atoms with Crippen LogP contribution in [0.4, 0.5) is 0 Å². The topological polar surface area (TPSA) is 54.4 Å². The van der Waals surface area contributed by atoms with Gasteiger partial charge < -0.3 is 5.11 Å². The SMILES string of the molecule is CC(C)=CCC[C@@H](C)C1=C(O)C(=O)[C@@]2(C)[C@H](CC(C)=C[C@H]2C[C@@H](C)c2ccc(C)cc2)C1=O. The molecule has 33 heavy (non-hydrogen) atoms. The van der Waals surface area contributed by atoms with Gasteiger partial charge in [0, 0.05) is 11.5 Å². The molecule has 0 spiro atoms. The second-order valence-electron chi connectivity index (χ2n) is 10.9. The van der Waals surface area contributed by atoms with Crippen molar-refractivity contribution in [1.82, 2.24) is 0 Å². The number of carbonyl (C=O) groups is 2. The molecule has 1 aromatic rings. The molecule has 0 saturated carbocycles. The number of aliphatic hydroxyl groups is 1. The molecule has 5 atom stereocenters. The van der Waals surface area contributed by atoms with Gasteiger partial charge >= 0.3 is 0 Å². The zero-order chi connectivity index (χ0) is 24.5. The normalized spacial score (nSPS) is 27.1. The van der Waals surface area contributed by atoms with E-state index in [4.69, 9.17) is 0 Å². The van der Waals surface area contributed by atoms with Gasteiger partial charge in [-0.3, -0.25) is 9.59 Å². The Balaban J connectivity index is 1.93. The van der Waals surface area contributed by atoms with Crippen LogP contribution in [0.1, 0.15) is 84.3 Å². The highest BCUT2D eigenvalue weighted by Crippen LogP contribution is 2.53. The molecule has 0 aliphatic heterocycles. The summed E-state index contributed by atoms with van der Waals surface area (Å²) >= 11 is 0. The molecule has 2 aliphatic rings. The zero-order valence-electron chi connectivity index (χ0n) is 21.4. The number of hydrogen-bond acceptors (Lipinski definition) is 3. The number of aryl methyl sites for hydroxylation is 1. The monoisotopic (exact) mass is 448 g/mol. The minimum atomic E-state index is -0.900. The van der Waals surface area contributed by atoms with Gasteiger partial charge in [-0.25, -0.2) is 0 Å². The fraction of sp³-hybridized carbons (Fsp3) is 0.533. The molecule has 2 aliphatic carbocycles. The van der Waals surface area contributed by atoms with Crippen LogP contribution in [-0.2, 0) is 9.59 Å². The Labute approximate surface area is 199 Å². The number of fused-ring (bicyclic) bond motifs is 1. The van der Waals surface area contributed by atoms with Crippen molar-refractivity contribution in [2.75, 3.05) is 0 Å². The average Bonchev–Trinajstić information content (AvgIpc) is 2.74. The summed E-state index contributed by atoms with van der Waals surface area (Å²) in [6.07, 6.45) is 7.26. The molecular weight excluding hydrogens is 408 g/mol. The van der Waals surface area contributed by atoms with Crippen LogP contribution in [0.3, 0.4) is 0 Å². The highest BCUT2D eigenvalue weighted by molar-refractivity contribution is 6.15. The number of rotatable bonds is 7. The summed E-state index contributed by atoms with van der Waals surface area (Å²) in [4.78, 5) is 27.4. The zero-order valence-corrected chi connectivity index (χ0v) is 21.4. The van der Waals surface area contributed by atoms with Gasteiger partial charge in [-0.15, -0.1) is 0 Å². The predicted octanol–water partition coefficient (Wildman–Crippen LogP) is 7.42. The van der Waals surface area contributed by atoms with Gasteiger partial charge in [-0.05, 0) is 76.7 Å². The number of ketones is 2. The van der Waals surface area contributed by atoms with Crippen LogP contribution in [0.5, 0.6) is 0 Å². The first-order valence-corrected chi connectivity index (χ1v) is 12.4. The lowest BCUT2D eigenvalue weighted by Crippen LogP contribution is -2.52. The summed E-state index contributed by atoms with van der Waals surface area (Å²) in [5, 5.41) is 11.0. The van der Waals surface area contributed by atoms with E-state index in [1.54, 1.807) is 0 Å². The molecule has 0 radical (unpaired) electrons. The average molecular weight is 449 g/mol. The van der Waals surface area contributed by atoms with Gasteiger partial charge in [0.05, 0.1) is 5.41 Å². The van der Waals surface area contributed by atoms with Gasteiger partial charge in [-0.2, -0.15) is 0 Å². The summed E-state index contributed by atoms with van der Waals surface area (Å²) in [6, 6.07) is 8.53.